The van der Waals surface area contributed by atoms with Gasteiger partial charge in [-0.3, -0.25) is 9.56 Å². The third kappa shape index (κ3) is 4.03. The van der Waals surface area contributed by atoms with E-state index < -0.39 is 0 Å². The van der Waals surface area contributed by atoms with Gasteiger partial charge < -0.3 is 5.32 Å². The number of aromatic nitrogens is 1. The average molecular weight is 588 g/mol. The fraction of sp³-hybridized carbons (Fsp3) is 0.0263. The molecule has 7 aromatic rings. The van der Waals surface area contributed by atoms with Crippen molar-refractivity contribution in [3.8, 4) is 0 Å². The maximum absolute atomic E-state index is 5.22. The second-order valence-corrected chi connectivity index (χ2v) is 13.0. The molecule has 0 saturated carbocycles. The number of benzene rings is 6. The predicted octanol–water partition coefficient (Wildman–Crippen LogP) is 10.2. The van der Waals surface area contributed by atoms with E-state index in [4.69, 9.17) is 4.99 Å². The van der Waals surface area contributed by atoms with Crippen LogP contribution in [0.2, 0.25) is 0 Å². The number of aliphatic imine (C=N–C) groups is 1. The summed E-state index contributed by atoms with van der Waals surface area (Å²) in [7, 11) is 0. The molecule has 6 aromatic carbocycles. The molecule has 0 radical (unpaired) electrons. The summed E-state index contributed by atoms with van der Waals surface area (Å²) in [6, 6.07) is 47.5. The zero-order valence-electron chi connectivity index (χ0n) is 23.1. The highest BCUT2D eigenvalue weighted by molar-refractivity contribution is 8.05. The summed E-state index contributed by atoms with van der Waals surface area (Å²) in [6.45, 7) is 0. The molecule has 1 N–H and O–H groups in total. The summed E-state index contributed by atoms with van der Waals surface area (Å²) in [5.74, 6) is 1.90. The standard InChI is InChI=1S/C38H25N3S2/c1-3-12-25(13-4-1)29-23-34(40-38(39-29)26-14-5-2-6-15-26)41-30-21-19-24-11-7-8-16-27(24)35(30)28-20-22-33-37(36(28)41)43-32-18-10-9-17-31(32)42-33/h1-23,29H,(H,39,40). The Hall–Kier alpha value is -4.71. The van der Waals surface area contributed by atoms with Gasteiger partial charge in [-0.15, -0.1) is 0 Å². The lowest BCUT2D eigenvalue weighted by atomic mass is 10.0. The summed E-state index contributed by atoms with van der Waals surface area (Å²) in [5, 5.41) is 8.85. The number of fused-ring (bicyclic) bond motifs is 8. The van der Waals surface area contributed by atoms with Gasteiger partial charge in [0.05, 0.1) is 22.0 Å². The van der Waals surface area contributed by atoms with E-state index >= 15 is 0 Å². The minimum atomic E-state index is -0.122. The summed E-state index contributed by atoms with van der Waals surface area (Å²) in [5.41, 5.74) is 4.66. The number of amidine groups is 1. The van der Waals surface area contributed by atoms with Crippen LogP contribution in [-0.4, -0.2) is 10.4 Å². The SMILES string of the molecule is C1=C(n2c3ccc4ccccc4c3c3ccc4c(c32)Sc2ccccc2S4)NC(c2ccccc2)=NC1c1ccccc1. The van der Waals surface area contributed by atoms with E-state index in [1.54, 1.807) is 0 Å². The van der Waals surface area contributed by atoms with Gasteiger partial charge in [-0.05, 0) is 46.7 Å². The molecular weight excluding hydrogens is 563 g/mol. The molecule has 2 aliphatic rings. The Morgan fingerprint density at radius 3 is 2.16 bits per heavy atom. The second kappa shape index (κ2) is 9.94. The van der Waals surface area contributed by atoms with E-state index in [1.165, 1.54) is 57.7 Å². The quantitative estimate of drug-likeness (QED) is 0.223. The van der Waals surface area contributed by atoms with Crippen LogP contribution in [0.3, 0.4) is 0 Å². The lowest BCUT2D eigenvalue weighted by Gasteiger charge is -2.26. The first-order valence-corrected chi connectivity index (χ1v) is 16.1. The monoisotopic (exact) mass is 587 g/mol. The van der Waals surface area contributed by atoms with Crippen LogP contribution in [-0.2, 0) is 0 Å². The van der Waals surface area contributed by atoms with E-state index in [0.717, 1.165) is 17.2 Å². The Kier molecular flexibility index (Phi) is 5.74. The fourth-order valence-corrected chi connectivity index (χ4v) is 8.70. The number of nitrogens with one attached hydrogen (secondary N) is 1. The smallest absolute Gasteiger partial charge is 0.134 e. The topological polar surface area (TPSA) is 29.3 Å². The highest BCUT2D eigenvalue weighted by atomic mass is 32.2. The van der Waals surface area contributed by atoms with Crippen LogP contribution >= 0.6 is 23.5 Å². The van der Waals surface area contributed by atoms with Crippen LogP contribution < -0.4 is 5.32 Å². The van der Waals surface area contributed by atoms with Crippen molar-refractivity contribution in [2.75, 3.05) is 0 Å². The highest BCUT2D eigenvalue weighted by Gasteiger charge is 2.27. The van der Waals surface area contributed by atoms with Gasteiger partial charge in [-0.25, -0.2) is 0 Å². The van der Waals surface area contributed by atoms with Gasteiger partial charge in [-0.1, -0.05) is 133 Å². The zero-order chi connectivity index (χ0) is 28.3. The maximum atomic E-state index is 5.22. The normalized spacial score (nSPS) is 16.0. The lowest BCUT2D eigenvalue weighted by Crippen LogP contribution is -2.30. The van der Waals surface area contributed by atoms with Gasteiger partial charge in [0.25, 0.3) is 0 Å². The van der Waals surface area contributed by atoms with Crippen molar-refractivity contribution in [2.24, 2.45) is 4.99 Å². The number of hydrogen-bond donors (Lipinski definition) is 1. The molecule has 0 fully saturated rings. The predicted molar refractivity (Wildman–Crippen MR) is 181 cm³/mol. The highest BCUT2D eigenvalue weighted by Crippen LogP contribution is 2.53. The van der Waals surface area contributed by atoms with Crippen molar-refractivity contribution in [3.63, 3.8) is 0 Å². The van der Waals surface area contributed by atoms with Crippen molar-refractivity contribution in [2.45, 2.75) is 25.6 Å². The Labute approximate surface area is 258 Å². The summed E-state index contributed by atoms with van der Waals surface area (Å²) < 4.78 is 2.45. The molecule has 9 rings (SSSR count). The molecule has 0 saturated heterocycles. The number of rotatable bonds is 3. The molecule has 5 heteroatoms. The molecule has 3 nitrogen and oxygen atoms in total. The molecular formula is C38H25N3S2. The minimum absolute atomic E-state index is 0.122. The molecule has 204 valence electrons. The third-order valence-corrected chi connectivity index (χ3v) is 10.9. The second-order valence-electron chi connectivity index (χ2n) is 10.8. The van der Waals surface area contributed by atoms with Gasteiger partial charge in [0.1, 0.15) is 11.7 Å². The van der Waals surface area contributed by atoms with Crippen LogP contribution in [0.15, 0.2) is 164 Å². The Bertz CT molecular complexity index is 2270. The molecule has 0 amide bonds. The average Bonchev–Trinajstić information content (AvgIpc) is 3.43. The van der Waals surface area contributed by atoms with E-state index in [1.807, 2.05) is 23.5 Å². The van der Waals surface area contributed by atoms with Crippen molar-refractivity contribution in [1.29, 1.82) is 0 Å². The first-order valence-electron chi connectivity index (χ1n) is 14.4. The molecule has 1 unspecified atom stereocenters. The first-order chi connectivity index (χ1) is 21.3. The van der Waals surface area contributed by atoms with Gasteiger partial charge in [0, 0.05) is 31.0 Å². The van der Waals surface area contributed by atoms with Gasteiger partial charge in [0.2, 0.25) is 0 Å². The molecule has 1 aromatic heterocycles. The molecule has 0 bridgehead atoms. The minimum Gasteiger partial charge on any atom is -0.326 e. The van der Waals surface area contributed by atoms with Crippen LogP contribution in [0.25, 0.3) is 38.4 Å². The van der Waals surface area contributed by atoms with Gasteiger partial charge in [0.15, 0.2) is 0 Å². The van der Waals surface area contributed by atoms with Crippen LogP contribution in [0.5, 0.6) is 0 Å². The molecule has 1 atom stereocenters. The summed E-state index contributed by atoms with van der Waals surface area (Å²) in [4.78, 5) is 10.4. The van der Waals surface area contributed by atoms with E-state index in [2.05, 4.69) is 149 Å². The van der Waals surface area contributed by atoms with Crippen LogP contribution in [0.4, 0.5) is 0 Å². The Morgan fingerprint density at radius 1 is 0.605 bits per heavy atom. The Balaban J connectivity index is 1.35. The number of hydrogen-bond acceptors (Lipinski definition) is 4. The van der Waals surface area contributed by atoms with Crippen molar-refractivity contribution >= 4 is 67.8 Å². The van der Waals surface area contributed by atoms with Crippen molar-refractivity contribution < 1.29 is 0 Å². The van der Waals surface area contributed by atoms with Crippen LogP contribution in [0, 0.1) is 0 Å². The lowest BCUT2D eigenvalue weighted by molar-refractivity contribution is 0.859. The zero-order valence-corrected chi connectivity index (χ0v) is 24.7. The largest absolute Gasteiger partial charge is 0.326 e. The van der Waals surface area contributed by atoms with Gasteiger partial charge in [-0.2, -0.15) is 0 Å². The van der Waals surface area contributed by atoms with E-state index in [9.17, 15) is 0 Å². The fourth-order valence-electron chi connectivity index (χ4n) is 6.32. The summed E-state index contributed by atoms with van der Waals surface area (Å²) in [6.07, 6.45) is 2.28. The number of nitrogens with zero attached hydrogens (tertiary/aromatic N) is 2. The van der Waals surface area contributed by atoms with E-state index in [0.29, 0.717) is 0 Å². The molecule has 3 heterocycles. The molecule has 2 aliphatic heterocycles. The van der Waals surface area contributed by atoms with Gasteiger partial charge >= 0.3 is 0 Å². The first kappa shape index (κ1) is 24.8. The Morgan fingerprint density at radius 2 is 1.33 bits per heavy atom. The third-order valence-electron chi connectivity index (χ3n) is 8.28. The molecule has 43 heavy (non-hydrogen) atoms. The molecule has 0 spiro atoms. The van der Waals surface area contributed by atoms with E-state index in [-0.39, 0.29) is 6.04 Å². The van der Waals surface area contributed by atoms with Crippen molar-refractivity contribution in [1.82, 2.24) is 9.88 Å². The summed E-state index contributed by atoms with van der Waals surface area (Å²) >= 11 is 3.74. The molecule has 0 aliphatic carbocycles. The van der Waals surface area contributed by atoms with Crippen molar-refractivity contribution in [3.05, 3.63) is 151 Å². The van der Waals surface area contributed by atoms with Crippen LogP contribution in [0.1, 0.15) is 17.2 Å². The maximum Gasteiger partial charge on any atom is 0.134 e.